The standard InChI is InChI=1S/C15H13F3O/c1-14(15(16,17)18,11-5-3-2-4-6-11)12-7-9-13(19)10-8-12/h2-10,19H,1H3. The monoisotopic (exact) mass is 266 g/mol. The van der Waals surface area contributed by atoms with Gasteiger partial charge < -0.3 is 5.11 Å². The van der Waals surface area contributed by atoms with Crippen LogP contribution in [0.15, 0.2) is 54.6 Å². The van der Waals surface area contributed by atoms with Crippen molar-refractivity contribution in [3.8, 4) is 5.75 Å². The Bertz CT molecular complexity index is 546. The van der Waals surface area contributed by atoms with E-state index in [1.165, 1.54) is 36.4 Å². The molecule has 0 radical (unpaired) electrons. The summed E-state index contributed by atoms with van der Waals surface area (Å²) in [7, 11) is 0. The van der Waals surface area contributed by atoms with Gasteiger partial charge in [-0.1, -0.05) is 42.5 Å². The van der Waals surface area contributed by atoms with Crippen molar-refractivity contribution in [3.05, 3.63) is 65.7 Å². The molecule has 1 nitrogen and oxygen atoms in total. The average molecular weight is 266 g/mol. The molecule has 0 aliphatic heterocycles. The van der Waals surface area contributed by atoms with Crippen molar-refractivity contribution in [2.45, 2.75) is 18.5 Å². The van der Waals surface area contributed by atoms with Crippen LogP contribution in [0, 0.1) is 0 Å². The van der Waals surface area contributed by atoms with Gasteiger partial charge in [-0.25, -0.2) is 0 Å². The van der Waals surface area contributed by atoms with E-state index < -0.39 is 11.6 Å². The van der Waals surface area contributed by atoms with Crippen molar-refractivity contribution in [3.63, 3.8) is 0 Å². The molecular weight excluding hydrogens is 253 g/mol. The summed E-state index contributed by atoms with van der Waals surface area (Å²) in [6, 6.07) is 12.9. The van der Waals surface area contributed by atoms with Crippen LogP contribution < -0.4 is 0 Å². The van der Waals surface area contributed by atoms with Crippen molar-refractivity contribution in [2.24, 2.45) is 0 Å². The molecule has 4 heteroatoms. The van der Waals surface area contributed by atoms with E-state index in [-0.39, 0.29) is 16.9 Å². The third-order valence-electron chi connectivity index (χ3n) is 3.36. The van der Waals surface area contributed by atoms with Crippen molar-refractivity contribution in [1.82, 2.24) is 0 Å². The molecule has 0 bridgehead atoms. The summed E-state index contributed by atoms with van der Waals surface area (Å²) < 4.78 is 40.5. The number of phenols is 1. The molecular formula is C15H13F3O. The van der Waals surface area contributed by atoms with E-state index in [0.717, 1.165) is 6.92 Å². The van der Waals surface area contributed by atoms with Gasteiger partial charge in [0.25, 0.3) is 0 Å². The molecule has 19 heavy (non-hydrogen) atoms. The number of benzene rings is 2. The number of aromatic hydroxyl groups is 1. The molecule has 2 rings (SSSR count). The largest absolute Gasteiger partial charge is 0.508 e. The Labute approximate surface area is 109 Å². The quantitative estimate of drug-likeness (QED) is 0.861. The number of alkyl halides is 3. The van der Waals surface area contributed by atoms with Gasteiger partial charge in [0.1, 0.15) is 11.2 Å². The zero-order valence-corrected chi connectivity index (χ0v) is 10.3. The number of hydrogen-bond acceptors (Lipinski definition) is 1. The molecule has 100 valence electrons. The third-order valence-corrected chi connectivity index (χ3v) is 3.36. The summed E-state index contributed by atoms with van der Waals surface area (Å²) in [5.74, 6) is -0.0543. The topological polar surface area (TPSA) is 20.2 Å². The fourth-order valence-electron chi connectivity index (χ4n) is 2.06. The lowest BCUT2D eigenvalue weighted by Crippen LogP contribution is -2.40. The van der Waals surface area contributed by atoms with Gasteiger partial charge in [0, 0.05) is 0 Å². The first-order valence-electron chi connectivity index (χ1n) is 5.77. The van der Waals surface area contributed by atoms with Crippen LogP contribution in [-0.4, -0.2) is 11.3 Å². The lowest BCUT2D eigenvalue weighted by atomic mass is 9.75. The summed E-state index contributed by atoms with van der Waals surface area (Å²) in [6.45, 7) is 1.15. The number of rotatable bonds is 2. The Balaban J connectivity index is 2.63. The van der Waals surface area contributed by atoms with E-state index >= 15 is 0 Å². The fourth-order valence-corrected chi connectivity index (χ4v) is 2.06. The summed E-state index contributed by atoms with van der Waals surface area (Å²) in [5.41, 5.74) is -1.82. The highest BCUT2D eigenvalue weighted by Gasteiger charge is 2.53. The molecule has 0 aliphatic rings. The number of hydrogen-bond donors (Lipinski definition) is 1. The second-order valence-corrected chi connectivity index (χ2v) is 4.54. The maximum atomic E-state index is 13.5. The Morgan fingerprint density at radius 1 is 0.789 bits per heavy atom. The first kappa shape index (κ1) is 13.5. The lowest BCUT2D eigenvalue weighted by Gasteiger charge is -2.33. The minimum atomic E-state index is -4.43. The lowest BCUT2D eigenvalue weighted by molar-refractivity contribution is -0.173. The Hall–Kier alpha value is -1.97. The van der Waals surface area contributed by atoms with Crippen LogP contribution in [0.1, 0.15) is 18.1 Å². The molecule has 2 aromatic carbocycles. The maximum absolute atomic E-state index is 13.5. The van der Waals surface area contributed by atoms with Crippen molar-refractivity contribution in [1.29, 1.82) is 0 Å². The Morgan fingerprint density at radius 3 is 1.74 bits per heavy atom. The molecule has 2 aromatic rings. The molecule has 0 heterocycles. The second kappa shape index (κ2) is 4.61. The molecule has 0 aromatic heterocycles. The van der Waals surface area contributed by atoms with Gasteiger partial charge in [0.15, 0.2) is 0 Å². The van der Waals surface area contributed by atoms with Gasteiger partial charge in [-0.15, -0.1) is 0 Å². The van der Waals surface area contributed by atoms with Gasteiger partial charge >= 0.3 is 6.18 Å². The summed E-state index contributed by atoms with van der Waals surface area (Å²) in [4.78, 5) is 0. The van der Waals surface area contributed by atoms with E-state index in [1.54, 1.807) is 18.2 Å². The molecule has 0 fully saturated rings. The minimum absolute atomic E-state index is 0.0543. The average Bonchev–Trinajstić information content (AvgIpc) is 2.38. The molecule has 1 unspecified atom stereocenters. The first-order valence-corrected chi connectivity index (χ1v) is 5.77. The molecule has 1 N–H and O–H groups in total. The highest BCUT2D eigenvalue weighted by Crippen LogP contribution is 2.46. The van der Waals surface area contributed by atoms with Gasteiger partial charge in [-0.05, 0) is 30.2 Å². The predicted octanol–water partition coefficient (Wildman–Crippen LogP) is 4.26. The fraction of sp³-hybridized carbons (Fsp3) is 0.200. The summed E-state index contributed by atoms with van der Waals surface area (Å²) in [5, 5.41) is 9.21. The zero-order valence-electron chi connectivity index (χ0n) is 10.3. The molecule has 0 aliphatic carbocycles. The first-order chi connectivity index (χ1) is 8.85. The van der Waals surface area contributed by atoms with E-state index in [2.05, 4.69) is 0 Å². The van der Waals surface area contributed by atoms with Gasteiger partial charge in [0.05, 0.1) is 0 Å². The van der Waals surface area contributed by atoms with E-state index in [4.69, 9.17) is 0 Å². The van der Waals surface area contributed by atoms with E-state index in [1.807, 2.05) is 0 Å². The smallest absolute Gasteiger partial charge is 0.402 e. The van der Waals surface area contributed by atoms with E-state index in [9.17, 15) is 18.3 Å². The van der Waals surface area contributed by atoms with Gasteiger partial charge in [-0.3, -0.25) is 0 Å². The van der Waals surface area contributed by atoms with Crippen LogP contribution in [0.4, 0.5) is 13.2 Å². The summed E-state index contributed by atoms with van der Waals surface area (Å²) in [6.07, 6.45) is -4.43. The van der Waals surface area contributed by atoms with Crippen LogP contribution in [0.3, 0.4) is 0 Å². The van der Waals surface area contributed by atoms with Crippen molar-refractivity contribution >= 4 is 0 Å². The minimum Gasteiger partial charge on any atom is -0.508 e. The SMILES string of the molecule is CC(c1ccccc1)(c1ccc(O)cc1)C(F)(F)F. The van der Waals surface area contributed by atoms with Crippen molar-refractivity contribution in [2.75, 3.05) is 0 Å². The van der Waals surface area contributed by atoms with Crippen molar-refractivity contribution < 1.29 is 18.3 Å². The maximum Gasteiger partial charge on any atom is 0.402 e. The Kier molecular flexibility index (Phi) is 3.27. The highest BCUT2D eigenvalue weighted by atomic mass is 19.4. The third kappa shape index (κ3) is 2.30. The molecule has 0 spiro atoms. The van der Waals surface area contributed by atoms with E-state index in [0.29, 0.717) is 0 Å². The highest BCUT2D eigenvalue weighted by molar-refractivity contribution is 5.42. The van der Waals surface area contributed by atoms with Crippen LogP contribution in [0.25, 0.3) is 0 Å². The predicted molar refractivity (Wildman–Crippen MR) is 67.1 cm³/mol. The molecule has 1 atom stereocenters. The van der Waals surface area contributed by atoms with Crippen LogP contribution in [0.5, 0.6) is 5.75 Å². The van der Waals surface area contributed by atoms with Gasteiger partial charge in [0.2, 0.25) is 0 Å². The number of phenolic OH excluding ortho intramolecular Hbond substituents is 1. The normalized spacial score (nSPS) is 14.9. The number of halogens is 3. The summed E-state index contributed by atoms with van der Waals surface area (Å²) >= 11 is 0. The molecule has 0 saturated heterocycles. The molecule has 0 amide bonds. The van der Waals surface area contributed by atoms with Gasteiger partial charge in [-0.2, -0.15) is 13.2 Å². The second-order valence-electron chi connectivity index (χ2n) is 4.54. The Morgan fingerprint density at radius 2 is 1.26 bits per heavy atom. The van der Waals surface area contributed by atoms with Crippen LogP contribution >= 0.6 is 0 Å². The van der Waals surface area contributed by atoms with Crippen LogP contribution in [-0.2, 0) is 5.41 Å². The zero-order chi connectivity index (χ0) is 14.1. The molecule has 0 saturated carbocycles. The van der Waals surface area contributed by atoms with Crippen LogP contribution in [0.2, 0.25) is 0 Å².